The highest BCUT2D eigenvalue weighted by Gasteiger charge is 2.04. The summed E-state index contributed by atoms with van der Waals surface area (Å²) in [5.74, 6) is 0.552. The molecule has 0 saturated heterocycles. The predicted octanol–water partition coefficient (Wildman–Crippen LogP) is 2.88. The zero-order valence-corrected chi connectivity index (χ0v) is 10.6. The smallest absolute Gasteiger partial charge is 0.160 e. The van der Waals surface area contributed by atoms with Crippen molar-refractivity contribution in [3.63, 3.8) is 0 Å². The molecule has 0 aliphatic heterocycles. The Labute approximate surface area is 111 Å². The monoisotopic (exact) mass is 254 g/mol. The van der Waals surface area contributed by atoms with Crippen LogP contribution in [0.5, 0.6) is 11.5 Å². The number of phenolic OH excluding ortho intramolecular Hbond substituents is 1. The van der Waals surface area contributed by atoms with Gasteiger partial charge in [-0.15, -0.1) is 0 Å². The maximum atomic E-state index is 9.51. The first kappa shape index (κ1) is 12.8. The van der Waals surface area contributed by atoms with Crippen LogP contribution in [-0.2, 0) is 6.54 Å². The van der Waals surface area contributed by atoms with Gasteiger partial charge in [0, 0.05) is 6.54 Å². The summed E-state index contributed by atoms with van der Waals surface area (Å²) in [6.07, 6.45) is 0. The van der Waals surface area contributed by atoms with Gasteiger partial charge in [0.15, 0.2) is 11.5 Å². The molecule has 0 amide bonds. The fraction of sp³-hybridized carbons (Fsp3) is 0.133. The van der Waals surface area contributed by atoms with Gasteiger partial charge in [-0.1, -0.05) is 18.2 Å². The van der Waals surface area contributed by atoms with Gasteiger partial charge in [-0.25, -0.2) is 0 Å². The van der Waals surface area contributed by atoms with Crippen LogP contribution in [0.3, 0.4) is 0 Å². The maximum absolute atomic E-state index is 9.51. The number of benzene rings is 2. The molecule has 0 unspecified atom stereocenters. The largest absolute Gasteiger partial charge is 0.504 e. The molecule has 0 saturated carbocycles. The number of nitriles is 1. The van der Waals surface area contributed by atoms with E-state index in [0.29, 0.717) is 17.9 Å². The van der Waals surface area contributed by atoms with E-state index >= 15 is 0 Å². The van der Waals surface area contributed by atoms with Gasteiger partial charge in [0.25, 0.3) is 0 Å². The average molecular weight is 254 g/mol. The minimum atomic E-state index is 0.115. The molecule has 0 aromatic heterocycles. The Morgan fingerprint density at radius 3 is 2.79 bits per heavy atom. The van der Waals surface area contributed by atoms with Gasteiger partial charge in [-0.3, -0.25) is 0 Å². The number of methoxy groups -OCH3 is 1. The molecule has 2 N–H and O–H groups in total. The average Bonchev–Trinajstić information content (AvgIpc) is 2.46. The number of hydrogen-bond acceptors (Lipinski definition) is 4. The summed E-state index contributed by atoms with van der Waals surface area (Å²) >= 11 is 0. The summed E-state index contributed by atoms with van der Waals surface area (Å²) in [6.45, 7) is 0.551. The van der Waals surface area contributed by atoms with Crippen LogP contribution in [0.2, 0.25) is 0 Å². The van der Waals surface area contributed by atoms with E-state index in [9.17, 15) is 5.11 Å². The van der Waals surface area contributed by atoms with E-state index in [2.05, 4.69) is 11.4 Å². The Morgan fingerprint density at radius 2 is 2.05 bits per heavy atom. The minimum absolute atomic E-state index is 0.115. The zero-order chi connectivity index (χ0) is 13.7. The molecule has 4 nitrogen and oxygen atoms in total. The van der Waals surface area contributed by atoms with Crippen LogP contribution in [0.4, 0.5) is 5.69 Å². The Balaban J connectivity index is 2.13. The van der Waals surface area contributed by atoms with E-state index < -0.39 is 0 Å². The molecule has 2 rings (SSSR count). The van der Waals surface area contributed by atoms with Gasteiger partial charge < -0.3 is 15.2 Å². The lowest BCUT2D eigenvalue weighted by Crippen LogP contribution is -2.01. The molecule has 2 aromatic carbocycles. The van der Waals surface area contributed by atoms with E-state index in [-0.39, 0.29) is 5.75 Å². The van der Waals surface area contributed by atoms with Crippen molar-refractivity contribution in [1.82, 2.24) is 0 Å². The predicted molar refractivity (Wildman–Crippen MR) is 73.1 cm³/mol. The van der Waals surface area contributed by atoms with Crippen molar-refractivity contribution in [2.45, 2.75) is 6.54 Å². The molecule has 0 radical (unpaired) electrons. The van der Waals surface area contributed by atoms with Gasteiger partial charge in [-0.05, 0) is 29.8 Å². The second-order valence-electron chi connectivity index (χ2n) is 4.02. The number of aromatic hydroxyl groups is 1. The van der Waals surface area contributed by atoms with Crippen LogP contribution >= 0.6 is 0 Å². The number of ether oxygens (including phenoxy) is 1. The standard InChI is InChI=1S/C15H14N2O2/c1-19-15-8-11(6-7-14(15)18)10-17-13-5-3-2-4-12(13)9-16/h2-8,17-18H,10H2,1H3. The van der Waals surface area contributed by atoms with Gasteiger partial charge in [0.1, 0.15) is 6.07 Å². The molecular formula is C15H14N2O2. The first-order valence-electron chi connectivity index (χ1n) is 5.83. The van der Waals surface area contributed by atoms with E-state index in [1.807, 2.05) is 18.2 Å². The SMILES string of the molecule is COc1cc(CNc2ccccc2C#N)ccc1O. The van der Waals surface area contributed by atoms with Gasteiger partial charge >= 0.3 is 0 Å². The summed E-state index contributed by atoms with van der Waals surface area (Å²) in [6, 6.07) is 14.6. The third kappa shape index (κ3) is 2.96. The van der Waals surface area contributed by atoms with E-state index in [0.717, 1.165) is 11.3 Å². The summed E-state index contributed by atoms with van der Waals surface area (Å²) in [4.78, 5) is 0. The minimum Gasteiger partial charge on any atom is -0.504 e. The number of anilines is 1. The first-order chi connectivity index (χ1) is 9.24. The summed E-state index contributed by atoms with van der Waals surface area (Å²) in [5.41, 5.74) is 2.35. The molecule has 2 aromatic rings. The Hall–Kier alpha value is -2.67. The van der Waals surface area contributed by atoms with E-state index in [1.165, 1.54) is 7.11 Å². The van der Waals surface area contributed by atoms with Crippen molar-refractivity contribution in [3.8, 4) is 17.6 Å². The van der Waals surface area contributed by atoms with Crippen LogP contribution in [-0.4, -0.2) is 12.2 Å². The zero-order valence-electron chi connectivity index (χ0n) is 10.6. The van der Waals surface area contributed by atoms with Gasteiger partial charge in [-0.2, -0.15) is 5.26 Å². The Morgan fingerprint density at radius 1 is 1.26 bits per heavy atom. The lowest BCUT2D eigenvalue weighted by molar-refractivity contribution is 0.373. The molecule has 19 heavy (non-hydrogen) atoms. The number of phenols is 1. The molecule has 0 atom stereocenters. The maximum Gasteiger partial charge on any atom is 0.160 e. The van der Waals surface area contributed by atoms with Crippen LogP contribution in [0, 0.1) is 11.3 Å². The highest BCUT2D eigenvalue weighted by Crippen LogP contribution is 2.26. The van der Waals surface area contributed by atoms with Crippen molar-refractivity contribution in [2.75, 3.05) is 12.4 Å². The molecule has 0 fully saturated rings. The quantitative estimate of drug-likeness (QED) is 0.880. The van der Waals surface area contributed by atoms with Crippen LogP contribution < -0.4 is 10.1 Å². The van der Waals surface area contributed by atoms with Gasteiger partial charge in [0.2, 0.25) is 0 Å². The molecule has 4 heteroatoms. The lowest BCUT2D eigenvalue weighted by Gasteiger charge is -2.10. The second kappa shape index (κ2) is 5.78. The normalized spacial score (nSPS) is 9.68. The van der Waals surface area contributed by atoms with Crippen molar-refractivity contribution >= 4 is 5.69 Å². The molecule has 0 spiro atoms. The third-order valence-corrected chi connectivity index (χ3v) is 2.77. The van der Waals surface area contributed by atoms with Crippen LogP contribution in [0.25, 0.3) is 0 Å². The highest BCUT2D eigenvalue weighted by molar-refractivity contribution is 5.57. The van der Waals surface area contributed by atoms with Crippen LogP contribution in [0.1, 0.15) is 11.1 Å². The van der Waals surface area contributed by atoms with E-state index in [1.54, 1.807) is 24.3 Å². The number of rotatable bonds is 4. The van der Waals surface area contributed by atoms with Crippen LogP contribution in [0.15, 0.2) is 42.5 Å². The topological polar surface area (TPSA) is 65.3 Å². The van der Waals surface area contributed by atoms with Crippen molar-refractivity contribution < 1.29 is 9.84 Å². The lowest BCUT2D eigenvalue weighted by atomic mass is 10.1. The number of nitrogens with one attached hydrogen (secondary N) is 1. The second-order valence-corrected chi connectivity index (χ2v) is 4.02. The molecular weight excluding hydrogens is 240 g/mol. The first-order valence-corrected chi connectivity index (χ1v) is 5.83. The number of nitrogens with zero attached hydrogens (tertiary/aromatic N) is 1. The molecule has 0 aliphatic carbocycles. The summed E-state index contributed by atoms with van der Waals surface area (Å²) in [5, 5.41) is 21.7. The molecule has 0 aliphatic rings. The van der Waals surface area contributed by atoms with Crippen molar-refractivity contribution in [2.24, 2.45) is 0 Å². The fourth-order valence-electron chi connectivity index (χ4n) is 1.76. The molecule has 96 valence electrons. The Bertz CT molecular complexity index is 618. The van der Waals surface area contributed by atoms with Crippen molar-refractivity contribution in [1.29, 1.82) is 5.26 Å². The Kier molecular flexibility index (Phi) is 3.89. The van der Waals surface area contributed by atoms with Crippen molar-refractivity contribution in [3.05, 3.63) is 53.6 Å². The number of para-hydroxylation sites is 1. The molecule has 0 heterocycles. The highest BCUT2D eigenvalue weighted by atomic mass is 16.5. The third-order valence-electron chi connectivity index (χ3n) is 2.77. The summed E-state index contributed by atoms with van der Waals surface area (Å²) in [7, 11) is 1.51. The van der Waals surface area contributed by atoms with Gasteiger partial charge in [0.05, 0.1) is 18.4 Å². The summed E-state index contributed by atoms with van der Waals surface area (Å²) < 4.78 is 5.05. The van der Waals surface area contributed by atoms with E-state index in [4.69, 9.17) is 10.00 Å². The number of hydrogen-bond donors (Lipinski definition) is 2. The molecule has 0 bridgehead atoms. The fourth-order valence-corrected chi connectivity index (χ4v) is 1.76.